The van der Waals surface area contributed by atoms with Crippen molar-refractivity contribution in [1.82, 2.24) is 0 Å². The van der Waals surface area contributed by atoms with Crippen molar-refractivity contribution < 1.29 is 33.8 Å². The van der Waals surface area contributed by atoms with Crippen molar-refractivity contribution in [3.8, 4) is 11.5 Å². The summed E-state index contributed by atoms with van der Waals surface area (Å²) < 4.78 is 10.6. The minimum absolute atomic E-state index is 0.0408. The topological polar surface area (TPSA) is 107 Å². The first-order valence-electron chi connectivity index (χ1n) is 11.5. The average Bonchev–Trinajstić information content (AvgIpc) is 2.76. The highest BCUT2D eigenvalue weighted by atomic mass is 35.5. The summed E-state index contributed by atoms with van der Waals surface area (Å²) in [6.45, 7) is 11.9. The number of ketones is 1. The number of carboxylic acid groups (broad SMARTS) is 1. The molecule has 190 valence electrons. The minimum atomic E-state index is -1.32. The molecule has 1 aliphatic rings. The zero-order valence-electron chi connectivity index (χ0n) is 21.3. The van der Waals surface area contributed by atoms with Gasteiger partial charge in [0.2, 0.25) is 0 Å². The van der Waals surface area contributed by atoms with Gasteiger partial charge in [-0.25, -0.2) is 4.79 Å². The Kier molecular flexibility index (Phi) is 9.06. The van der Waals surface area contributed by atoms with E-state index in [2.05, 4.69) is 19.9 Å². The van der Waals surface area contributed by atoms with Crippen LogP contribution in [0.2, 0.25) is 5.02 Å². The largest absolute Gasteiger partial charge is 0.478 e. The Morgan fingerprint density at radius 3 is 2.23 bits per heavy atom. The van der Waals surface area contributed by atoms with Crippen molar-refractivity contribution in [3.05, 3.63) is 45.5 Å². The number of ether oxygens (including phenoxy) is 2. The fourth-order valence-corrected chi connectivity index (χ4v) is 4.64. The van der Waals surface area contributed by atoms with E-state index in [1.807, 2.05) is 19.9 Å². The third kappa shape index (κ3) is 6.20. The van der Waals surface area contributed by atoms with Gasteiger partial charge in [-0.15, -0.1) is 0 Å². The molecule has 1 N–H and O–H groups in total. The highest BCUT2D eigenvalue weighted by Gasteiger charge is 2.41. The standard InChI is InChI=1S/C27H33ClO7/c1-14(12-13-27(7)15(2)9-11-21(31)17(27)4)8-10-20-24(34-18(5)29)22(26(32)33)16(3)23(28)25(20)35-19(6)30/h8,12-13,15,17H,9-11H2,1-7H3,(H,32,33)/b13-12+,14-8+/t15-,17+,27+/m1/s1. The number of carbonyl (C=O) groups excluding carboxylic acids is 3. The van der Waals surface area contributed by atoms with Crippen LogP contribution in [0.15, 0.2) is 23.8 Å². The van der Waals surface area contributed by atoms with E-state index in [4.69, 9.17) is 21.1 Å². The normalized spacial score (nSPS) is 22.9. The molecule has 0 amide bonds. The third-order valence-electron chi connectivity index (χ3n) is 7.02. The number of rotatable bonds is 7. The number of carboxylic acids is 1. The Labute approximate surface area is 211 Å². The second-order valence-corrected chi connectivity index (χ2v) is 9.80. The molecule has 1 fully saturated rings. The summed E-state index contributed by atoms with van der Waals surface area (Å²) in [6, 6.07) is 0. The Hall–Kier alpha value is -2.93. The number of esters is 2. The molecule has 35 heavy (non-hydrogen) atoms. The van der Waals surface area contributed by atoms with Crippen LogP contribution in [-0.2, 0) is 20.8 Å². The van der Waals surface area contributed by atoms with Gasteiger partial charge < -0.3 is 14.6 Å². The van der Waals surface area contributed by atoms with Gasteiger partial charge in [-0.1, -0.05) is 56.2 Å². The van der Waals surface area contributed by atoms with Crippen LogP contribution in [0.4, 0.5) is 0 Å². The lowest BCUT2D eigenvalue weighted by Crippen LogP contribution is -2.40. The molecule has 7 nitrogen and oxygen atoms in total. The van der Waals surface area contributed by atoms with E-state index in [0.717, 1.165) is 18.9 Å². The van der Waals surface area contributed by atoms with Gasteiger partial charge in [0.15, 0.2) is 11.5 Å². The predicted molar refractivity (Wildman–Crippen MR) is 133 cm³/mol. The van der Waals surface area contributed by atoms with Crippen molar-refractivity contribution >= 4 is 35.3 Å². The lowest BCUT2D eigenvalue weighted by atomic mass is 9.61. The number of allylic oxidation sites excluding steroid dienone is 4. The summed E-state index contributed by atoms with van der Waals surface area (Å²) in [5.41, 5.74) is 0.569. The quantitative estimate of drug-likeness (QED) is 0.280. The van der Waals surface area contributed by atoms with Gasteiger partial charge in [0, 0.05) is 31.7 Å². The Bertz CT molecular complexity index is 1120. The smallest absolute Gasteiger partial charge is 0.339 e. The number of halogens is 1. The maximum Gasteiger partial charge on any atom is 0.339 e. The summed E-state index contributed by atoms with van der Waals surface area (Å²) in [5.74, 6) is -2.46. The van der Waals surface area contributed by atoms with Crippen molar-refractivity contribution in [2.24, 2.45) is 17.3 Å². The molecule has 0 radical (unpaired) electrons. The summed E-state index contributed by atoms with van der Waals surface area (Å²) in [4.78, 5) is 47.9. The van der Waals surface area contributed by atoms with Crippen LogP contribution in [0.5, 0.6) is 11.5 Å². The van der Waals surface area contributed by atoms with E-state index in [-0.39, 0.29) is 56.7 Å². The molecule has 0 heterocycles. The fourth-order valence-electron chi connectivity index (χ4n) is 4.40. The third-order valence-corrected chi connectivity index (χ3v) is 7.47. The monoisotopic (exact) mass is 504 g/mol. The highest BCUT2D eigenvalue weighted by molar-refractivity contribution is 6.33. The molecular formula is C27H33ClO7. The minimum Gasteiger partial charge on any atom is -0.478 e. The molecule has 1 aromatic rings. The van der Waals surface area contributed by atoms with E-state index in [0.29, 0.717) is 12.3 Å². The van der Waals surface area contributed by atoms with E-state index < -0.39 is 17.9 Å². The van der Waals surface area contributed by atoms with Gasteiger partial charge >= 0.3 is 17.9 Å². The number of carbonyl (C=O) groups is 4. The molecule has 0 spiro atoms. The molecule has 0 unspecified atom stereocenters. The van der Waals surface area contributed by atoms with Crippen LogP contribution in [0.3, 0.4) is 0 Å². The van der Waals surface area contributed by atoms with Crippen LogP contribution in [0, 0.1) is 24.2 Å². The summed E-state index contributed by atoms with van der Waals surface area (Å²) in [5, 5.41) is 9.73. The van der Waals surface area contributed by atoms with E-state index in [1.54, 1.807) is 6.08 Å². The SMILES string of the molecule is CC(=O)Oc1c(Cl)c(C)c(C(=O)O)c(OC(C)=O)c1C/C=C(C)/C=C/[C@@]1(C)[C@H](C)CCC(=O)[C@@H]1C. The molecule has 1 saturated carbocycles. The molecule has 0 aliphatic heterocycles. The maximum atomic E-state index is 12.3. The lowest BCUT2D eigenvalue weighted by Gasteiger charge is -2.42. The Morgan fingerprint density at radius 2 is 1.69 bits per heavy atom. The number of hydrogen-bond acceptors (Lipinski definition) is 6. The summed E-state index contributed by atoms with van der Waals surface area (Å²) in [6.07, 6.45) is 7.30. The Balaban J connectivity index is 2.56. The zero-order chi connectivity index (χ0) is 26.7. The predicted octanol–water partition coefficient (Wildman–Crippen LogP) is 5.88. The molecule has 0 bridgehead atoms. The van der Waals surface area contributed by atoms with E-state index in [9.17, 15) is 24.3 Å². The van der Waals surface area contributed by atoms with Crippen molar-refractivity contribution in [2.45, 2.75) is 67.7 Å². The lowest BCUT2D eigenvalue weighted by molar-refractivity contribution is -0.132. The zero-order valence-corrected chi connectivity index (χ0v) is 22.0. The van der Waals surface area contributed by atoms with Crippen LogP contribution in [0.1, 0.15) is 75.9 Å². The Morgan fingerprint density at radius 1 is 1.11 bits per heavy atom. The van der Waals surface area contributed by atoms with Gasteiger partial charge in [-0.2, -0.15) is 0 Å². The first-order valence-corrected chi connectivity index (χ1v) is 11.9. The number of Topliss-reactive ketones (excluding diaryl/α,β-unsaturated/α-hetero) is 1. The highest BCUT2D eigenvalue weighted by Crippen LogP contribution is 2.45. The van der Waals surface area contributed by atoms with Gasteiger partial charge in [0.05, 0.1) is 5.02 Å². The number of aromatic carboxylic acids is 1. The molecular weight excluding hydrogens is 472 g/mol. The molecule has 1 aliphatic carbocycles. The summed E-state index contributed by atoms with van der Waals surface area (Å²) in [7, 11) is 0. The van der Waals surface area contributed by atoms with Crippen LogP contribution < -0.4 is 9.47 Å². The second-order valence-electron chi connectivity index (χ2n) is 9.42. The van der Waals surface area contributed by atoms with Gasteiger partial charge in [0.1, 0.15) is 11.3 Å². The van der Waals surface area contributed by atoms with Crippen LogP contribution >= 0.6 is 11.6 Å². The molecule has 3 atom stereocenters. The summed E-state index contributed by atoms with van der Waals surface area (Å²) >= 11 is 6.39. The first kappa shape index (κ1) is 28.3. The number of benzene rings is 1. The van der Waals surface area contributed by atoms with Gasteiger partial charge in [-0.3, -0.25) is 14.4 Å². The van der Waals surface area contributed by atoms with Crippen LogP contribution in [-0.4, -0.2) is 28.8 Å². The molecule has 0 saturated heterocycles. The fraction of sp³-hybridized carbons (Fsp3) is 0.481. The molecule has 1 aromatic carbocycles. The first-order chi connectivity index (χ1) is 16.2. The second kappa shape index (κ2) is 11.2. The molecule has 2 rings (SSSR count). The van der Waals surface area contributed by atoms with Crippen molar-refractivity contribution in [3.63, 3.8) is 0 Å². The number of hydrogen-bond donors (Lipinski definition) is 1. The van der Waals surface area contributed by atoms with Crippen molar-refractivity contribution in [2.75, 3.05) is 0 Å². The van der Waals surface area contributed by atoms with Crippen molar-refractivity contribution in [1.29, 1.82) is 0 Å². The molecule has 0 aromatic heterocycles. The van der Waals surface area contributed by atoms with Crippen LogP contribution in [0.25, 0.3) is 0 Å². The van der Waals surface area contributed by atoms with Gasteiger partial charge in [-0.05, 0) is 43.6 Å². The maximum absolute atomic E-state index is 12.3. The van der Waals surface area contributed by atoms with E-state index >= 15 is 0 Å². The average molecular weight is 505 g/mol. The molecule has 8 heteroatoms. The van der Waals surface area contributed by atoms with E-state index in [1.165, 1.54) is 13.8 Å². The van der Waals surface area contributed by atoms with Gasteiger partial charge in [0.25, 0.3) is 0 Å².